The van der Waals surface area contributed by atoms with E-state index in [9.17, 15) is 14.7 Å². The van der Waals surface area contributed by atoms with Crippen LogP contribution in [0.4, 0.5) is 0 Å². The summed E-state index contributed by atoms with van der Waals surface area (Å²) in [5.74, 6) is -0.754. The molecular weight excluding hydrogens is 438 g/mol. The maximum absolute atomic E-state index is 13.2. The molecule has 1 aliphatic heterocycles. The molecule has 174 valence electrons. The summed E-state index contributed by atoms with van der Waals surface area (Å²) < 4.78 is 16.4. The third-order valence-corrected chi connectivity index (χ3v) is 5.57. The second kappa shape index (κ2) is 9.62. The number of hydrogen-bond acceptors (Lipinski definition) is 8. The molecule has 1 fully saturated rings. The number of ether oxygens (including phenoxy) is 3. The summed E-state index contributed by atoms with van der Waals surface area (Å²) >= 11 is 0. The topological polar surface area (TPSA) is 111 Å². The molecule has 34 heavy (non-hydrogen) atoms. The standard InChI is InChI=1S/C25H23N3O6/c1-32-18-11-17(12-19(33-2)24(18)34-3)21-20(22(29)16-6-9-26-10-7-16)23(30)25(31)28(21)14-15-5-4-8-27-13-15/h4-13,21,29H,14H2,1-3H3/b22-20+. The molecule has 1 unspecified atom stereocenters. The molecule has 1 N–H and O–H groups in total. The number of ketones is 1. The van der Waals surface area contributed by atoms with Gasteiger partial charge in [0, 0.05) is 36.9 Å². The van der Waals surface area contributed by atoms with E-state index in [1.165, 1.54) is 38.6 Å². The SMILES string of the molecule is COc1cc(C2/C(=C(\O)c3ccncc3)C(=O)C(=O)N2Cc2cccnc2)cc(OC)c1OC. The van der Waals surface area contributed by atoms with Crippen molar-refractivity contribution in [2.24, 2.45) is 0 Å². The highest BCUT2D eigenvalue weighted by molar-refractivity contribution is 6.46. The smallest absolute Gasteiger partial charge is 0.295 e. The van der Waals surface area contributed by atoms with Crippen molar-refractivity contribution in [1.82, 2.24) is 14.9 Å². The number of nitrogens with zero attached hydrogens (tertiary/aromatic N) is 3. The Morgan fingerprint density at radius 1 is 0.971 bits per heavy atom. The Balaban J connectivity index is 1.94. The summed E-state index contributed by atoms with van der Waals surface area (Å²) in [7, 11) is 4.44. The van der Waals surface area contributed by atoms with E-state index in [4.69, 9.17) is 14.2 Å². The van der Waals surface area contributed by atoms with Gasteiger partial charge in [0.1, 0.15) is 5.76 Å². The zero-order chi connectivity index (χ0) is 24.2. The van der Waals surface area contributed by atoms with Gasteiger partial charge in [0.2, 0.25) is 5.75 Å². The van der Waals surface area contributed by atoms with E-state index in [0.29, 0.717) is 28.4 Å². The lowest BCUT2D eigenvalue weighted by Crippen LogP contribution is -2.29. The molecule has 4 rings (SSSR count). The minimum atomic E-state index is -0.915. The Morgan fingerprint density at radius 3 is 2.21 bits per heavy atom. The van der Waals surface area contributed by atoms with Gasteiger partial charge in [0.15, 0.2) is 11.5 Å². The number of aliphatic hydroxyl groups excluding tert-OH is 1. The molecule has 0 saturated carbocycles. The van der Waals surface area contributed by atoms with Crippen molar-refractivity contribution >= 4 is 17.4 Å². The molecule has 9 heteroatoms. The van der Waals surface area contributed by atoms with Gasteiger partial charge in [-0.2, -0.15) is 0 Å². The van der Waals surface area contributed by atoms with E-state index >= 15 is 0 Å². The molecule has 9 nitrogen and oxygen atoms in total. The molecule has 1 amide bonds. The Morgan fingerprint density at radius 2 is 1.65 bits per heavy atom. The molecule has 2 aromatic heterocycles. The largest absolute Gasteiger partial charge is 0.507 e. The van der Waals surface area contributed by atoms with Crippen molar-refractivity contribution in [2.45, 2.75) is 12.6 Å². The van der Waals surface area contributed by atoms with Crippen LogP contribution in [0.1, 0.15) is 22.7 Å². The Labute approximate surface area is 196 Å². The quantitative estimate of drug-likeness (QED) is 0.325. The lowest BCUT2D eigenvalue weighted by atomic mass is 9.94. The fraction of sp³-hybridized carbons (Fsp3) is 0.200. The summed E-state index contributed by atoms with van der Waals surface area (Å²) in [6, 6.07) is 9.09. The minimum absolute atomic E-state index is 0.0469. The third kappa shape index (κ3) is 4.03. The van der Waals surface area contributed by atoms with Crippen LogP contribution in [0.15, 0.2) is 66.8 Å². The van der Waals surface area contributed by atoms with Crippen LogP contribution < -0.4 is 14.2 Å². The van der Waals surface area contributed by atoms with Crippen LogP contribution in [0.3, 0.4) is 0 Å². The molecule has 1 saturated heterocycles. The minimum Gasteiger partial charge on any atom is -0.507 e. The van der Waals surface area contributed by atoms with E-state index in [1.807, 2.05) is 0 Å². The Kier molecular flexibility index (Phi) is 6.44. The zero-order valence-corrected chi connectivity index (χ0v) is 18.9. The number of amides is 1. The normalized spacial score (nSPS) is 17.0. The summed E-state index contributed by atoms with van der Waals surface area (Å²) in [6.45, 7) is 0.104. The second-order valence-electron chi connectivity index (χ2n) is 7.48. The van der Waals surface area contributed by atoms with Gasteiger partial charge < -0.3 is 24.2 Å². The third-order valence-electron chi connectivity index (χ3n) is 5.57. The molecule has 0 bridgehead atoms. The van der Waals surface area contributed by atoms with Gasteiger partial charge >= 0.3 is 0 Å². The molecule has 1 aliphatic rings. The van der Waals surface area contributed by atoms with Crippen LogP contribution >= 0.6 is 0 Å². The van der Waals surface area contributed by atoms with Gasteiger partial charge in [-0.3, -0.25) is 19.6 Å². The van der Waals surface area contributed by atoms with Crippen molar-refractivity contribution in [3.63, 3.8) is 0 Å². The summed E-state index contributed by atoms with van der Waals surface area (Å²) in [5, 5.41) is 11.1. The van der Waals surface area contributed by atoms with Crippen LogP contribution in [0.2, 0.25) is 0 Å². The first-order valence-electron chi connectivity index (χ1n) is 10.4. The van der Waals surface area contributed by atoms with Gasteiger partial charge in [0.25, 0.3) is 11.7 Å². The summed E-state index contributed by atoms with van der Waals surface area (Å²) in [4.78, 5) is 35.8. The monoisotopic (exact) mass is 461 g/mol. The Hall–Kier alpha value is -4.40. The van der Waals surface area contributed by atoms with E-state index in [2.05, 4.69) is 9.97 Å². The molecule has 1 atom stereocenters. The first kappa shape index (κ1) is 22.8. The van der Waals surface area contributed by atoms with Crippen LogP contribution in [0.5, 0.6) is 17.2 Å². The maximum atomic E-state index is 13.2. The first-order chi connectivity index (χ1) is 16.5. The van der Waals surface area contributed by atoms with E-state index in [-0.39, 0.29) is 17.9 Å². The number of pyridine rings is 2. The predicted molar refractivity (Wildman–Crippen MR) is 122 cm³/mol. The van der Waals surface area contributed by atoms with Gasteiger partial charge in [-0.25, -0.2) is 0 Å². The number of methoxy groups -OCH3 is 3. The predicted octanol–water partition coefficient (Wildman–Crippen LogP) is 3.12. The van der Waals surface area contributed by atoms with E-state index in [0.717, 1.165) is 5.56 Å². The number of likely N-dealkylation sites (tertiary alicyclic amines) is 1. The fourth-order valence-corrected chi connectivity index (χ4v) is 4.00. The number of hydrogen-bond donors (Lipinski definition) is 1. The molecule has 0 aliphatic carbocycles. The highest BCUT2D eigenvalue weighted by Crippen LogP contribution is 2.46. The lowest BCUT2D eigenvalue weighted by molar-refractivity contribution is -0.140. The number of benzene rings is 1. The van der Waals surface area contributed by atoms with Gasteiger partial charge in [-0.05, 0) is 41.5 Å². The lowest BCUT2D eigenvalue weighted by Gasteiger charge is -2.26. The molecule has 1 aromatic carbocycles. The van der Waals surface area contributed by atoms with Crippen molar-refractivity contribution in [1.29, 1.82) is 0 Å². The average Bonchev–Trinajstić information content (AvgIpc) is 3.13. The first-order valence-corrected chi connectivity index (χ1v) is 10.4. The van der Waals surface area contributed by atoms with Crippen LogP contribution in [0.25, 0.3) is 5.76 Å². The van der Waals surface area contributed by atoms with E-state index < -0.39 is 17.7 Å². The number of carbonyl (C=O) groups excluding carboxylic acids is 2. The highest BCUT2D eigenvalue weighted by Gasteiger charge is 2.46. The fourth-order valence-electron chi connectivity index (χ4n) is 4.00. The zero-order valence-electron chi connectivity index (χ0n) is 18.9. The Bertz CT molecular complexity index is 1220. The maximum Gasteiger partial charge on any atom is 0.295 e. The van der Waals surface area contributed by atoms with Gasteiger partial charge in [-0.1, -0.05) is 6.07 Å². The molecule has 3 aromatic rings. The molecular formula is C25H23N3O6. The summed E-state index contributed by atoms with van der Waals surface area (Å²) in [6.07, 6.45) is 6.23. The van der Waals surface area contributed by atoms with Gasteiger partial charge in [-0.15, -0.1) is 0 Å². The second-order valence-corrected chi connectivity index (χ2v) is 7.48. The van der Waals surface area contributed by atoms with Crippen molar-refractivity contribution in [3.05, 3.63) is 83.4 Å². The van der Waals surface area contributed by atoms with Crippen molar-refractivity contribution in [2.75, 3.05) is 21.3 Å². The number of aromatic nitrogens is 2. The van der Waals surface area contributed by atoms with Crippen LogP contribution in [-0.2, 0) is 16.1 Å². The number of Topliss-reactive ketones (excluding diaryl/α,β-unsaturated/α-hetero) is 1. The molecule has 0 spiro atoms. The number of carbonyl (C=O) groups is 2. The van der Waals surface area contributed by atoms with Crippen molar-refractivity contribution < 1.29 is 28.9 Å². The highest BCUT2D eigenvalue weighted by atomic mass is 16.5. The average molecular weight is 461 g/mol. The van der Waals surface area contributed by atoms with Crippen LogP contribution in [-0.4, -0.2) is 53.0 Å². The van der Waals surface area contributed by atoms with E-state index in [1.54, 1.807) is 48.8 Å². The number of rotatable bonds is 7. The summed E-state index contributed by atoms with van der Waals surface area (Å²) in [5.41, 5.74) is 1.56. The number of aliphatic hydroxyl groups is 1. The molecule has 3 heterocycles. The molecule has 0 radical (unpaired) electrons. The van der Waals surface area contributed by atoms with Gasteiger partial charge in [0.05, 0.1) is 32.9 Å². The van der Waals surface area contributed by atoms with Crippen LogP contribution in [0, 0.1) is 0 Å². The van der Waals surface area contributed by atoms with Crippen molar-refractivity contribution in [3.8, 4) is 17.2 Å².